The summed E-state index contributed by atoms with van der Waals surface area (Å²) in [6, 6.07) is 15.5. The maximum atomic E-state index is 12.2. The number of hydrogen-bond acceptors (Lipinski definition) is 7. The third kappa shape index (κ3) is 6.26. The number of hydrogen-bond donors (Lipinski definition) is 2. The van der Waals surface area contributed by atoms with Crippen molar-refractivity contribution >= 4 is 29.3 Å². The second-order valence-corrected chi connectivity index (χ2v) is 7.68. The van der Waals surface area contributed by atoms with E-state index in [2.05, 4.69) is 20.5 Å². The van der Waals surface area contributed by atoms with E-state index in [0.29, 0.717) is 16.8 Å². The standard InChI is InChI=1S/C22H22N4O4S/c1-3-14(2)30-21(29)16-9-11-17(12-10-16)23-18(27)13-31-22-24-20(28)19(25-26-22)15-7-5-4-6-8-15/h4-12,14H,3,13H2,1-2H3,(H,23,27)(H,24,26,28)/t14-/m1/s1. The van der Waals surface area contributed by atoms with E-state index in [4.69, 9.17) is 4.74 Å². The van der Waals surface area contributed by atoms with E-state index >= 15 is 0 Å². The second kappa shape index (κ2) is 10.5. The van der Waals surface area contributed by atoms with Crippen LogP contribution in [0.5, 0.6) is 0 Å². The first-order valence-corrected chi connectivity index (χ1v) is 10.7. The van der Waals surface area contributed by atoms with Crippen LogP contribution in [-0.4, -0.2) is 38.9 Å². The quantitative estimate of drug-likeness (QED) is 0.408. The van der Waals surface area contributed by atoms with Crippen molar-refractivity contribution in [3.05, 3.63) is 70.5 Å². The van der Waals surface area contributed by atoms with Crippen molar-refractivity contribution in [3.63, 3.8) is 0 Å². The van der Waals surface area contributed by atoms with Gasteiger partial charge < -0.3 is 10.1 Å². The first kappa shape index (κ1) is 22.2. The van der Waals surface area contributed by atoms with Gasteiger partial charge in [-0.05, 0) is 37.6 Å². The summed E-state index contributed by atoms with van der Waals surface area (Å²) in [5.41, 5.74) is 1.48. The highest BCUT2D eigenvalue weighted by Crippen LogP contribution is 2.16. The van der Waals surface area contributed by atoms with Crippen LogP contribution in [0.1, 0.15) is 30.6 Å². The van der Waals surface area contributed by atoms with Crippen molar-refractivity contribution < 1.29 is 14.3 Å². The molecule has 2 N–H and O–H groups in total. The summed E-state index contributed by atoms with van der Waals surface area (Å²) in [4.78, 5) is 39.1. The number of rotatable bonds is 8. The molecule has 0 spiro atoms. The summed E-state index contributed by atoms with van der Waals surface area (Å²) in [7, 11) is 0. The predicted octanol–water partition coefficient (Wildman–Crippen LogP) is 3.52. The maximum Gasteiger partial charge on any atom is 0.338 e. The lowest BCUT2D eigenvalue weighted by Gasteiger charge is -2.11. The van der Waals surface area contributed by atoms with Gasteiger partial charge in [0.15, 0.2) is 10.9 Å². The number of ether oxygens (including phenoxy) is 1. The number of benzene rings is 2. The molecule has 8 nitrogen and oxygen atoms in total. The fourth-order valence-electron chi connectivity index (χ4n) is 2.53. The van der Waals surface area contributed by atoms with E-state index in [0.717, 1.165) is 18.2 Å². The van der Waals surface area contributed by atoms with E-state index in [-0.39, 0.29) is 34.2 Å². The Balaban J connectivity index is 1.54. The summed E-state index contributed by atoms with van der Waals surface area (Å²) in [5, 5.41) is 10.9. The van der Waals surface area contributed by atoms with Crippen LogP contribution < -0.4 is 10.9 Å². The van der Waals surface area contributed by atoms with E-state index in [1.54, 1.807) is 36.4 Å². The molecule has 0 aliphatic rings. The molecule has 0 radical (unpaired) electrons. The minimum Gasteiger partial charge on any atom is -0.459 e. The van der Waals surface area contributed by atoms with E-state index < -0.39 is 5.97 Å². The number of thioether (sulfide) groups is 1. The minimum absolute atomic E-state index is 0.0348. The monoisotopic (exact) mass is 438 g/mol. The highest BCUT2D eigenvalue weighted by molar-refractivity contribution is 7.99. The van der Waals surface area contributed by atoms with Gasteiger partial charge in [-0.15, -0.1) is 10.2 Å². The Morgan fingerprint density at radius 2 is 1.81 bits per heavy atom. The summed E-state index contributed by atoms with van der Waals surface area (Å²) in [5.74, 6) is -0.647. The summed E-state index contributed by atoms with van der Waals surface area (Å²) in [6.07, 6.45) is 0.586. The number of amides is 1. The molecule has 3 aromatic rings. The zero-order valence-electron chi connectivity index (χ0n) is 17.1. The summed E-state index contributed by atoms with van der Waals surface area (Å²) >= 11 is 1.07. The number of carbonyl (C=O) groups is 2. The molecular formula is C22H22N4O4S. The Morgan fingerprint density at radius 1 is 1.10 bits per heavy atom. The molecule has 9 heteroatoms. The molecule has 0 saturated heterocycles. The van der Waals surface area contributed by atoms with Gasteiger partial charge in [-0.25, -0.2) is 4.79 Å². The molecule has 2 aromatic carbocycles. The molecule has 1 heterocycles. The number of H-pyrrole nitrogens is 1. The van der Waals surface area contributed by atoms with Crippen molar-refractivity contribution in [1.29, 1.82) is 0 Å². The summed E-state index contributed by atoms with van der Waals surface area (Å²) < 4.78 is 5.27. The van der Waals surface area contributed by atoms with Crippen molar-refractivity contribution in [3.8, 4) is 11.3 Å². The zero-order valence-corrected chi connectivity index (χ0v) is 17.9. The molecule has 1 amide bonds. The van der Waals surface area contributed by atoms with Crippen molar-refractivity contribution in [2.75, 3.05) is 11.1 Å². The molecule has 0 saturated carbocycles. The van der Waals surface area contributed by atoms with E-state index in [1.807, 2.05) is 32.0 Å². The highest BCUT2D eigenvalue weighted by atomic mass is 32.2. The normalized spacial score (nSPS) is 11.5. The fourth-order valence-corrected chi connectivity index (χ4v) is 3.13. The average molecular weight is 439 g/mol. The number of nitrogens with one attached hydrogen (secondary N) is 2. The smallest absolute Gasteiger partial charge is 0.338 e. The van der Waals surface area contributed by atoms with Crippen LogP contribution in [0.4, 0.5) is 5.69 Å². The lowest BCUT2D eigenvalue weighted by molar-refractivity contribution is -0.113. The maximum absolute atomic E-state index is 12.2. The summed E-state index contributed by atoms with van der Waals surface area (Å²) in [6.45, 7) is 3.77. The van der Waals surface area contributed by atoms with Crippen LogP contribution in [-0.2, 0) is 9.53 Å². The molecule has 31 heavy (non-hydrogen) atoms. The number of anilines is 1. The van der Waals surface area contributed by atoms with Gasteiger partial charge in [0.25, 0.3) is 5.56 Å². The molecule has 160 valence electrons. The molecule has 3 rings (SSSR count). The second-order valence-electron chi connectivity index (χ2n) is 6.71. The number of esters is 1. The van der Waals surface area contributed by atoms with Crippen molar-refractivity contribution in [1.82, 2.24) is 15.2 Å². The van der Waals surface area contributed by atoms with Gasteiger partial charge >= 0.3 is 5.97 Å². The van der Waals surface area contributed by atoms with Crippen molar-refractivity contribution in [2.24, 2.45) is 0 Å². The molecule has 1 aromatic heterocycles. The lowest BCUT2D eigenvalue weighted by Crippen LogP contribution is -2.17. The predicted molar refractivity (Wildman–Crippen MR) is 119 cm³/mol. The van der Waals surface area contributed by atoms with Gasteiger partial charge in [0, 0.05) is 11.3 Å². The van der Waals surface area contributed by atoms with E-state index in [1.165, 1.54) is 0 Å². The Bertz CT molecular complexity index is 1100. The Kier molecular flexibility index (Phi) is 7.55. The Labute approximate surface area is 183 Å². The van der Waals surface area contributed by atoms with Gasteiger partial charge in [-0.1, -0.05) is 49.0 Å². The van der Waals surface area contributed by atoms with Crippen LogP contribution in [0.3, 0.4) is 0 Å². The molecule has 0 unspecified atom stereocenters. The van der Waals surface area contributed by atoms with E-state index in [9.17, 15) is 14.4 Å². The number of carbonyl (C=O) groups excluding carboxylic acids is 2. The number of nitrogens with zero attached hydrogens (tertiary/aromatic N) is 2. The van der Waals surface area contributed by atoms with Crippen molar-refractivity contribution in [2.45, 2.75) is 31.5 Å². The zero-order chi connectivity index (χ0) is 22.2. The van der Waals surface area contributed by atoms with Gasteiger partial charge in [-0.3, -0.25) is 14.6 Å². The largest absolute Gasteiger partial charge is 0.459 e. The lowest BCUT2D eigenvalue weighted by atomic mass is 10.2. The van der Waals surface area contributed by atoms with Crippen LogP contribution in [0.15, 0.2) is 64.5 Å². The molecule has 0 aliphatic heterocycles. The minimum atomic E-state index is -0.399. The first-order valence-electron chi connectivity index (χ1n) is 9.72. The van der Waals surface area contributed by atoms with Crippen LogP contribution in [0.2, 0.25) is 0 Å². The third-order valence-corrected chi connectivity index (χ3v) is 5.21. The van der Waals surface area contributed by atoms with Gasteiger partial charge in [0.05, 0.1) is 17.4 Å². The molecule has 0 aliphatic carbocycles. The fraction of sp³-hybridized carbons (Fsp3) is 0.227. The van der Waals surface area contributed by atoms with Crippen LogP contribution >= 0.6 is 11.8 Å². The van der Waals surface area contributed by atoms with Gasteiger partial charge in [-0.2, -0.15) is 0 Å². The number of aromatic amines is 1. The molecule has 0 bridgehead atoms. The molecular weight excluding hydrogens is 416 g/mol. The van der Waals surface area contributed by atoms with Crippen LogP contribution in [0.25, 0.3) is 11.3 Å². The topological polar surface area (TPSA) is 114 Å². The Morgan fingerprint density at radius 3 is 2.45 bits per heavy atom. The average Bonchev–Trinajstić information content (AvgIpc) is 2.78. The molecule has 1 atom stereocenters. The first-order chi connectivity index (χ1) is 15.0. The van der Waals surface area contributed by atoms with Gasteiger partial charge in [0.2, 0.25) is 5.91 Å². The Hall–Kier alpha value is -3.46. The number of aromatic nitrogens is 3. The molecule has 0 fully saturated rings. The van der Waals surface area contributed by atoms with Crippen LogP contribution in [0, 0.1) is 0 Å². The third-order valence-electron chi connectivity index (χ3n) is 4.35. The van der Waals surface area contributed by atoms with Gasteiger partial charge in [0.1, 0.15) is 0 Å². The SMILES string of the molecule is CC[C@@H](C)OC(=O)c1ccc(NC(=O)CSc2nnc(-c3ccccc3)c(=O)[nH]2)cc1. The highest BCUT2D eigenvalue weighted by Gasteiger charge is 2.12.